The normalized spacial score (nSPS) is 37.3. The number of thioether (sulfide) groups is 1. The summed E-state index contributed by atoms with van der Waals surface area (Å²) < 4.78 is 0. The van der Waals surface area contributed by atoms with E-state index in [0.29, 0.717) is 41.4 Å². The van der Waals surface area contributed by atoms with Gasteiger partial charge in [-0.2, -0.15) is 0 Å². The lowest BCUT2D eigenvalue weighted by atomic mass is 9.52. The Hall–Kier alpha value is -2.00. The van der Waals surface area contributed by atoms with E-state index in [2.05, 4.69) is 15.6 Å². The van der Waals surface area contributed by atoms with Crippen LogP contribution in [0, 0.1) is 17.8 Å². The van der Waals surface area contributed by atoms with E-state index < -0.39 is 22.5 Å². The summed E-state index contributed by atoms with van der Waals surface area (Å²) in [6.07, 6.45) is 11.0. The van der Waals surface area contributed by atoms with Crippen LogP contribution in [0.4, 0.5) is 5.95 Å². The molecular weight excluding hydrogens is 452 g/mol. The lowest BCUT2D eigenvalue weighted by Crippen LogP contribution is -2.61. The Balaban J connectivity index is 1.23. The standard InChI is InChI=1S/C25H32N4O4S/c30-21-18(5-6-34-23(21)32)27-24-26-12-17(20(29-24)14-3-1-2-4-14)22(31)28-19-15-7-13-8-16(19)11-25(33,9-13)10-15/h12-16,18-19,33H,1-11H2,(H,28,31)(H,26,27,29). The number of carbonyl (C=O) groups is 3. The number of hydrogen-bond acceptors (Lipinski definition) is 8. The van der Waals surface area contributed by atoms with E-state index in [0.717, 1.165) is 75.2 Å². The van der Waals surface area contributed by atoms with Crippen LogP contribution in [0.25, 0.3) is 0 Å². The molecule has 3 unspecified atom stereocenters. The Morgan fingerprint density at radius 2 is 1.82 bits per heavy atom. The van der Waals surface area contributed by atoms with E-state index in [9.17, 15) is 19.5 Å². The van der Waals surface area contributed by atoms with Crippen LogP contribution < -0.4 is 10.6 Å². The molecule has 2 heterocycles. The third-order valence-electron chi connectivity index (χ3n) is 8.80. The molecule has 1 amide bonds. The Labute approximate surface area is 203 Å². The molecule has 6 fully saturated rings. The first-order chi connectivity index (χ1) is 16.4. The van der Waals surface area contributed by atoms with Crippen LogP contribution in [0.3, 0.4) is 0 Å². The van der Waals surface area contributed by atoms with Crippen molar-refractivity contribution in [2.45, 2.75) is 87.8 Å². The van der Waals surface area contributed by atoms with Crippen LogP contribution in [0.2, 0.25) is 0 Å². The van der Waals surface area contributed by atoms with Crippen molar-refractivity contribution in [2.24, 2.45) is 17.8 Å². The number of anilines is 1. The van der Waals surface area contributed by atoms with Gasteiger partial charge in [0, 0.05) is 23.9 Å². The second-order valence-corrected chi connectivity index (χ2v) is 12.2. The van der Waals surface area contributed by atoms with Crippen molar-refractivity contribution in [3.63, 3.8) is 0 Å². The van der Waals surface area contributed by atoms with Crippen molar-refractivity contribution < 1.29 is 19.5 Å². The van der Waals surface area contributed by atoms with E-state index >= 15 is 0 Å². The summed E-state index contributed by atoms with van der Waals surface area (Å²) in [5, 5.41) is 16.8. The molecule has 5 saturated carbocycles. The number of Topliss-reactive ketones (excluding diaryl/α,β-unsaturated/α-hetero) is 1. The highest BCUT2D eigenvalue weighted by Gasteiger charge is 2.55. The Kier molecular flexibility index (Phi) is 5.67. The molecule has 8 nitrogen and oxygen atoms in total. The van der Waals surface area contributed by atoms with E-state index in [-0.39, 0.29) is 17.9 Å². The Morgan fingerprint density at radius 3 is 2.53 bits per heavy atom. The number of ketones is 1. The molecule has 0 spiro atoms. The van der Waals surface area contributed by atoms with Gasteiger partial charge in [-0.3, -0.25) is 14.4 Å². The third-order valence-corrected chi connectivity index (χ3v) is 9.71. The molecule has 1 aliphatic heterocycles. The van der Waals surface area contributed by atoms with Gasteiger partial charge in [-0.1, -0.05) is 24.6 Å². The molecule has 34 heavy (non-hydrogen) atoms. The highest BCUT2D eigenvalue weighted by Crippen LogP contribution is 2.55. The molecular formula is C25H32N4O4S. The predicted octanol–water partition coefficient (Wildman–Crippen LogP) is 2.82. The maximum absolute atomic E-state index is 13.5. The smallest absolute Gasteiger partial charge is 0.257 e. The first-order valence-corrected chi connectivity index (χ1v) is 13.7. The summed E-state index contributed by atoms with van der Waals surface area (Å²) in [5.74, 6) is 1.81. The summed E-state index contributed by atoms with van der Waals surface area (Å²) >= 11 is 1.06. The second kappa shape index (κ2) is 8.59. The molecule has 3 atom stereocenters. The van der Waals surface area contributed by atoms with Gasteiger partial charge in [-0.15, -0.1) is 0 Å². The molecule has 182 valence electrons. The predicted molar refractivity (Wildman–Crippen MR) is 127 cm³/mol. The van der Waals surface area contributed by atoms with E-state index in [1.54, 1.807) is 6.20 Å². The van der Waals surface area contributed by atoms with Crippen LogP contribution in [0.5, 0.6) is 0 Å². The van der Waals surface area contributed by atoms with Crippen molar-refractivity contribution in [3.8, 4) is 0 Å². The molecule has 1 aromatic rings. The van der Waals surface area contributed by atoms with Crippen molar-refractivity contribution in [1.29, 1.82) is 0 Å². The zero-order valence-electron chi connectivity index (χ0n) is 19.3. The number of aromatic nitrogens is 2. The quantitative estimate of drug-likeness (QED) is 0.546. The average Bonchev–Trinajstić information content (AvgIpc) is 3.33. The lowest BCUT2D eigenvalue weighted by Gasteiger charge is -2.58. The van der Waals surface area contributed by atoms with E-state index in [1.807, 2.05) is 0 Å². The van der Waals surface area contributed by atoms with Crippen molar-refractivity contribution in [2.75, 3.05) is 11.1 Å². The Morgan fingerprint density at radius 1 is 1.09 bits per heavy atom. The SMILES string of the molecule is O=C1SCCC(Nc2ncc(C(=O)NC3C4CC5CC3CC(O)(C5)C4)c(C3CCCC3)n2)C1=O. The monoisotopic (exact) mass is 484 g/mol. The topological polar surface area (TPSA) is 121 Å². The van der Waals surface area contributed by atoms with Crippen LogP contribution in [-0.4, -0.2) is 55.3 Å². The van der Waals surface area contributed by atoms with Crippen LogP contribution in [0.1, 0.15) is 86.2 Å². The first-order valence-electron chi connectivity index (χ1n) is 12.8. The molecule has 0 aromatic carbocycles. The number of carbonyl (C=O) groups excluding carboxylic acids is 3. The van der Waals surface area contributed by atoms with Gasteiger partial charge in [-0.05, 0) is 69.1 Å². The average molecular weight is 485 g/mol. The molecule has 6 aliphatic rings. The van der Waals surface area contributed by atoms with Gasteiger partial charge >= 0.3 is 0 Å². The molecule has 7 rings (SSSR count). The number of aliphatic hydroxyl groups is 1. The van der Waals surface area contributed by atoms with Gasteiger partial charge in [0.1, 0.15) is 0 Å². The summed E-state index contributed by atoms with van der Waals surface area (Å²) in [6, 6.07) is -0.509. The first kappa shape index (κ1) is 22.5. The number of hydrogen-bond donors (Lipinski definition) is 3. The number of amides is 1. The highest BCUT2D eigenvalue weighted by atomic mass is 32.2. The third kappa shape index (κ3) is 4.04. The molecule has 1 saturated heterocycles. The lowest BCUT2D eigenvalue weighted by molar-refractivity contribution is -0.136. The van der Waals surface area contributed by atoms with Gasteiger partial charge in [0.25, 0.3) is 11.0 Å². The maximum Gasteiger partial charge on any atom is 0.257 e. The van der Waals surface area contributed by atoms with Crippen LogP contribution in [-0.2, 0) is 9.59 Å². The number of nitrogens with one attached hydrogen (secondary N) is 2. The zero-order valence-corrected chi connectivity index (χ0v) is 20.1. The molecule has 4 bridgehead atoms. The largest absolute Gasteiger partial charge is 0.390 e. The summed E-state index contributed by atoms with van der Waals surface area (Å²) in [6.45, 7) is 0. The second-order valence-electron chi connectivity index (χ2n) is 11.2. The van der Waals surface area contributed by atoms with Crippen LogP contribution >= 0.6 is 11.8 Å². The summed E-state index contributed by atoms with van der Waals surface area (Å²) in [5.41, 5.74) is 0.741. The fourth-order valence-electron chi connectivity index (χ4n) is 7.50. The molecule has 9 heteroatoms. The minimum Gasteiger partial charge on any atom is -0.390 e. The molecule has 0 radical (unpaired) electrons. The highest BCUT2D eigenvalue weighted by molar-refractivity contribution is 8.15. The fourth-order valence-corrected chi connectivity index (χ4v) is 8.33. The minimum absolute atomic E-state index is 0.0990. The minimum atomic E-state index is -0.608. The van der Waals surface area contributed by atoms with Crippen molar-refractivity contribution >= 4 is 34.5 Å². The van der Waals surface area contributed by atoms with Gasteiger partial charge in [0.15, 0.2) is 0 Å². The molecule has 1 aromatic heterocycles. The van der Waals surface area contributed by atoms with Gasteiger partial charge in [-0.25, -0.2) is 9.97 Å². The van der Waals surface area contributed by atoms with Gasteiger partial charge < -0.3 is 15.7 Å². The van der Waals surface area contributed by atoms with E-state index in [1.165, 1.54) is 0 Å². The van der Waals surface area contributed by atoms with Crippen molar-refractivity contribution in [3.05, 3.63) is 17.5 Å². The molecule has 3 N–H and O–H groups in total. The van der Waals surface area contributed by atoms with Crippen molar-refractivity contribution in [1.82, 2.24) is 15.3 Å². The van der Waals surface area contributed by atoms with Gasteiger partial charge in [0.2, 0.25) is 11.7 Å². The summed E-state index contributed by atoms with van der Waals surface area (Å²) in [4.78, 5) is 46.7. The summed E-state index contributed by atoms with van der Waals surface area (Å²) in [7, 11) is 0. The zero-order chi connectivity index (χ0) is 23.4. The number of rotatable bonds is 5. The van der Waals surface area contributed by atoms with Gasteiger partial charge in [0.05, 0.1) is 22.9 Å². The Bertz CT molecular complexity index is 1010. The fraction of sp³-hybridized carbons (Fsp3) is 0.720. The number of nitrogens with zero attached hydrogens (tertiary/aromatic N) is 2. The maximum atomic E-state index is 13.5. The molecule has 5 aliphatic carbocycles. The van der Waals surface area contributed by atoms with E-state index in [4.69, 9.17) is 4.98 Å². The van der Waals surface area contributed by atoms with Crippen LogP contribution in [0.15, 0.2) is 6.20 Å².